The van der Waals surface area contributed by atoms with Crippen LogP contribution >= 0.6 is 0 Å². The molecule has 2 amide bonds. The summed E-state index contributed by atoms with van der Waals surface area (Å²) in [4.78, 5) is 28.8. The molecule has 23 heavy (non-hydrogen) atoms. The largest absolute Gasteiger partial charge is 0.481 e. The van der Waals surface area contributed by atoms with Gasteiger partial charge in [0.15, 0.2) is 0 Å². The smallest absolute Gasteiger partial charge is 0.317 e. The third-order valence-electron chi connectivity index (χ3n) is 3.83. The number of carbonyl (C=O) groups excluding carboxylic acids is 1. The molecule has 1 fully saturated rings. The molecule has 7 heteroatoms. The van der Waals surface area contributed by atoms with Crippen molar-refractivity contribution in [2.24, 2.45) is 5.92 Å². The zero-order valence-corrected chi connectivity index (χ0v) is 13.3. The molecule has 0 atom stereocenters. The fourth-order valence-corrected chi connectivity index (χ4v) is 2.43. The number of carboxylic acids is 1. The van der Waals surface area contributed by atoms with Gasteiger partial charge >= 0.3 is 12.0 Å². The van der Waals surface area contributed by atoms with Gasteiger partial charge in [0.1, 0.15) is 0 Å². The molecule has 0 aromatic carbocycles. The SMILES string of the molecule is CCCOc1ccc(CNC(=O)N2CCC(C(=O)O)CC2)cn1. The highest BCUT2D eigenvalue weighted by Gasteiger charge is 2.26. The number of hydrogen-bond acceptors (Lipinski definition) is 4. The molecule has 0 aliphatic carbocycles. The van der Waals surface area contributed by atoms with Gasteiger partial charge in [0.25, 0.3) is 0 Å². The van der Waals surface area contributed by atoms with E-state index in [0.717, 1.165) is 12.0 Å². The lowest BCUT2D eigenvalue weighted by atomic mass is 9.97. The van der Waals surface area contributed by atoms with E-state index < -0.39 is 5.97 Å². The zero-order chi connectivity index (χ0) is 16.7. The number of amides is 2. The number of likely N-dealkylation sites (tertiary alicyclic amines) is 1. The highest BCUT2D eigenvalue weighted by molar-refractivity contribution is 5.75. The lowest BCUT2D eigenvalue weighted by Crippen LogP contribution is -2.45. The molecule has 2 heterocycles. The number of pyridine rings is 1. The molecule has 0 saturated carbocycles. The normalized spacial score (nSPS) is 15.3. The minimum atomic E-state index is -0.776. The predicted octanol–water partition coefficient (Wildman–Crippen LogP) is 1.88. The molecule has 1 aliphatic rings. The highest BCUT2D eigenvalue weighted by atomic mass is 16.5. The Morgan fingerprint density at radius 2 is 2.13 bits per heavy atom. The highest BCUT2D eigenvalue weighted by Crippen LogP contribution is 2.17. The lowest BCUT2D eigenvalue weighted by Gasteiger charge is -2.30. The Balaban J connectivity index is 1.75. The van der Waals surface area contributed by atoms with Gasteiger partial charge in [-0.15, -0.1) is 0 Å². The number of urea groups is 1. The summed E-state index contributed by atoms with van der Waals surface area (Å²) >= 11 is 0. The molecule has 126 valence electrons. The summed E-state index contributed by atoms with van der Waals surface area (Å²) in [6, 6.07) is 3.49. The van der Waals surface area contributed by atoms with E-state index in [0.29, 0.717) is 45.0 Å². The molecule has 2 rings (SSSR count). The van der Waals surface area contributed by atoms with E-state index >= 15 is 0 Å². The fourth-order valence-electron chi connectivity index (χ4n) is 2.43. The summed E-state index contributed by atoms with van der Waals surface area (Å²) in [5.41, 5.74) is 0.891. The van der Waals surface area contributed by atoms with Crippen LogP contribution in [0.5, 0.6) is 5.88 Å². The second-order valence-electron chi connectivity index (χ2n) is 5.61. The molecule has 1 aromatic rings. The summed E-state index contributed by atoms with van der Waals surface area (Å²) in [5, 5.41) is 11.8. The van der Waals surface area contributed by atoms with Crippen molar-refractivity contribution in [3.8, 4) is 5.88 Å². The van der Waals surface area contributed by atoms with E-state index in [1.54, 1.807) is 17.2 Å². The summed E-state index contributed by atoms with van der Waals surface area (Å²) < 4.78 is 5.41. The van der Waals surface area contributed by atoms with Crippen molar-refractivity contribution in [2.75, 3.05) is 19.7 Å². The number of rotatable bonds is 6. The van der Waals surface area contributed by atoms with Gasteiger partial charge in [0, 0.05) is 31.9 Å². The van der Waals surface area contributed by atoms with Crippen LogP contribution in [0.4, 0.5) is 4.79 Å². The Morgan fingerprint density at radius 3 is 2.70 bits per heavy atom. The minimum absolute atomic E-state index is 0.167. The summed E-state index contributed by atoms with van der Waals surface area (Å²) in [7, 11) is 0. The van der Waals surface area contributed by atoms with Crippen LogP contribution in [0.1, 0.15) is 31.7 Å². The number of aromatic nitrogens is 1. The third kappa shape index (κ3) is 5.12. The van der Waals surface area contributed by atoms with Crippen molar-refractivity contribution in [2.45, 2.75) is 32.7 Å². The van der Waals surface area contributed by atoms with E-state index in [-0.39, 0.29) is 11.9 Å². The number of nitrogens with one attached hydrogen (secondary N) is 1. The summed E-state index contributed by atoms with van der Waals surface area (Å²) in [5.74, 6) is -0.530. The first-order chi connectivity index (χ1) is 11.1. The Bertz CT molecular complexity index is 525. The van der Waals surface area contributed by atoms with E-state index in [1.165, 1.54) is 0 Å². The van der Waals surface area contributed by atoms with E-state index in [1.807, 2.05) is 13.0 Å². The quantitative estimate of drug-likeness (QED) is 0.834. The number of piperidine rings is 1. The van der Waals surface area contributed by atoms with Crippen molar-refractivity contribution in [1.29, 1.82) is 0 Å². The van der Waals surface area contributed by atoms with Crippen LogP contribution in [0.25, 0.3) is 0 Å². The van der Waals surface area contributed by atoms with Crippen LogP contribution in [-0.4, -0.2) is 46.7 Å². The van der Waals surface area contributed by atoms with Gasteiger partial charge in [-0.25, -0.2) is 9.78 Å². The molecule has 2 N–H and O–H groups in total. The number of hydrogen-bond donors (Lipinski definition) is 2. The van der Waals surface area contributed by atoms with E-state index in [2.05, 4.69) is 10.3 Å². The number of nitrogens with zero attached hydrogens (tertiary/aromatic N) is 2. The average molecular weight is 321 g/mol. The van der Waals surface area contributed by atoms with Gasteiger partial charge in [-0.3, -0.25) is 4.79 Å². The Labute approximate surface area is 135 Å². The Morgan fingerprint density at radius 1 is 1.39 bits per heavy atom. The zero-order valence-electron chi connectivity index (χ0n) is 13.3. The second-order valence-corrected chi connectivity index (χ2v) is 5.61. The molecule has 0 spiro atoms. The van der Waals surface area contributed by atoms with Gasteiger partial charge in [-0.1, -0.05) is 13.0 Å². The van der Waals surface area contributed by atoms with Crippen molar-refractivity contribution < 1.29 is 19.4 Å². The van der Waals surface area contributed by atoms with Gasteiger partial charge in [-0.2, -0.15) is 0 Å². The van der Waals surface area contributed by atoms with Gasteiger partial charge in [-0.05, 0) is 24.8 Å². The molecule has 1 aliphatic heterocycles. The van der Waals surface area contributed by atoms with E-state index in [9.17, 15) is 9.59 Å². The average Bonchev–Trinajstić information content (AvgIpc) is 2.58. The Kier molecular flexibility index (Phi) is 6.19. The number of ether oxygens (including phenoxy) is 1. The number of carboxylic acid groups (broad SMARTS) is 1. The first kappa shape index (κ1) is 17.1. The third-order valence-corrected chi connectivity index (χ3v) is 3.83. The first-order valence-corrected chi connectivity index (χ1v) is 7.93. The van der Waals surface area contributed by atoms with Gasteiger partial charge in [0.2, 0.25) is 5.88 Å². The maximum Gasteiger partial charge on any atom is 0.317 e. The minimum Gasteiger partial charge on any atom is -0.481 e. The lowest BCUT2D eigenvalue weighted by molar-refractivity contribution is -0.143. The van der Waals surface area contributed by atoms with Gasteiger partial charge < -0.3 is 20.1 Å². The van der Waals surface area contributed by atoms with Crippen molar-refractivity contribution in [1.82, 2.24) is 15.2 Å². The molecule has 1 saturated heterocycles. The van der Waals surface area contributed by atoms with E-state index in [4.69, 9.17) is 9.84 Å². The Hall–Kier alpha value is -2.31. The van der Waals surface area contributed by atoms with Crippen LogP contribution in [0.3, 0.4) is 0 Å². The standard InChI is InChI=1S/C16H23N3O4/c1-2-9-23-14-4-3-12(10-17-14)11-18-16(22)19-7-5-13(6-8-19)15(20)21/h3-4,10,13H,2,5-9,11H2,1H3,(H,18,22)(H,20,21). The molecule has 0 radical (unpaired) electrons. The van der Waals surface area contributed by atoms with Crippen LogP contribution in [0.2, 0.25) is 0 Å². The molecular formula is C16H23N3O4. The maximum absolute atomic E-state index is 12.1. The second kappa shape index (κ2) is 8.36. The van der Waals surface area contributed by atoms with Crippen LogP contribution < -0.4 is 10.1 Å². The number of aliphatic carboxylic acids is 1. The monoisotopic (exact) mass is 321 g/mol. The van der Waals surface area contributed by atoms with Crippen LogP contribution in [0.15, 0.2) is 18.3 Å². The van der Waals surface area contributed by atoms with Crippen molar-refractivity contribution >= 4 is 12.0 Å². The number of carbonyl (C=O) groups is 2. The maximum atomic E-state index is 12.1. The first-order valence-electron chi connectivity index (χ1n) is 7.93. The predicted molar refractivity (Wildman–Crippen MR) is 84.2 cm³/mol. The fraction of sp³-hybridized carbons (Fsp3) is 0.562. The molecule has 7 nitrogen and oxygen atoms in total. The molecule has 0 bridgehead atoms. The van der Waals surface area contributed by atoms with Crippen LogP contribution in [-0.2, 0) is 11.3 Å². The van der Waals surface area contributed by atoms with Crippen molar-refractivity contribution in [3.63, 3.8) is 0 Å². The van der Waals surface area contributed by atoms with Crippen LogP contribution in [0, 0.1) is 5.92 Å². The van der Waals surface area contributed by atoms with Crippen molar-refractivity contribution in [3.05, 3.63) is 23.9 Å². The summed E-state index contributed by atoms with van der Waals surface area (Å²) in [6.45, 7) is 4.01. The molecule has 0 unspecified atom stereocenters. The molecule has 1 aromatic heterocycles. The summed E-state index contributed by atoms with van der Waals surface area (Å²) in [6.07, 6.45) is 3.63. The van der Waals surface area contributed by atoms with Gasteiger partial charge in [0.05, 0.1) is 12.5 Å². The topological polar surface area (TPSA) is 91.8 Å². The molecular weight excluding hydrogens is 298 g/mol.